The number of esters is 2. The molecule has 0 aromatic carbocycles. The predicted octanol–water partition coefficient (Wildman–Crippen LogP) is 6.13. The maximum atomic E-state index is 11.0. The summed E-state index contributed by atoms with van der Waals surface area (Å²) in [7, 11) is 2.90. The average molecular weight is 369 g/mol. The standard InChI is InChI=1S/C22H40O4/c1-25-21(23)19-17-15-13-11-9-7-5-3-4-6-8-10-12-14-16-18-20-22(24)26-2/h3-4H,5-20H2,1-2H3/b4-3-. The van der Waals surface area contributed by atoms with E-state index in [2.05, 4.69) is 21.6 Å². The summed E-state index contributed by atoms with van der Waals surface area (Å²) in [5, 5.41) is 0. The smallest absolute Gasteiger partial charge is 0.305 e. The number of carbonyl (C=O) groups is 2. The molecule has 0 saturated heterocycles. The SMILES string of the molecule is COC(=O)CCCCCCCC/C=C\CCCCCCCCC(=O)OC. The van der Waals surface area contributed by atoms with E-state index in [9.17, 15) is 9.59 Å². The third kappa shape index (κ3) is 19.0. The zero-order valence-corrected chi connectivity index (χ0v) is 17.1. The van der Waals surface area contributed by atoms with Crippen LogP contribution in [0.3, 0.4) is 0 Å². The molecule has 0 aliphatic rings. The van der Waals surface area contributed by atoms with Crippen LogP contribution in [0.2, 0.25) is 0 Å². The Morgan fingerprint density at radius 3 is 1.19 bits per heavy atom. The van der Waals surface area contributed by atoms with Gasteiger partial charge in [-0.25, -0.2) is 0 Å². The van der Waals surface area contributed by atoms with Crippen LogP contribution in [0, 0.1) is 0 Å². The molecule has 0 aliphatic heterocycles. The molecule has 152 valence electrons. The van der Waals surface area contributed by atoms with Crippen LogP contribution < -0.4 is 0 Å². The highest BCUT2D eigenvalue weighted by atomic mass is 16.5. The van der Waals surface area contributed by atoms with Crippen molar-refractivity contribution in [1.82, 2.24) is 0 Å². The van der Waals surface area contributed by atoms with Crippen LogP contribution in [-0.4, -0.2) is 26.2 Å². The summed E-state index contributed by atoms with van der Waals surface area (Å²) < 4.78 is 9.26. The Labute approximate surface area is 160 Å². The number of carbonyl (C=O) groups excluding carboxylic acids is 2. The van der Waals surface area contributed by atoms with Crippen molar-refractivity contribution in [1.29, 1.82) is 0 Å². The topological polar surface area (TPSA) is 52.6 Å². The molecular weight excluding hydrogens is 328 g/mol. The van der Waals surface area contributed by atoms with Gasteiger partial charge in [-0.3, -0.25) is 9.59 Å². The molecule has 4 heteroatoms. The minimum atomic E-state index is -0.0892. The van der Waals surface area contributed by atoms with Gasteiger partial charge in [-0.15, -0.1) is 0 Å². The Morgan fingerprint density at radius 2 is 0.846 bits per heavy atom. The second kappa shape index (κ2) is 20.0. The average Bonchev–Trinajstić information content (AvgIpc) is 2.66. The minimum absolute atomic E-state index is 0.0892. The Balaban J connectivity index is 3.15. The second-order valence-corrected chi connectivity index (χ2v) is 6.94. The Hall–Kier alpha value is -1.32. The Morgan fingerprint density at radius 1 is 0.538 bits per heavy atom. The third-order valence-corrected chi connectivity index (χ3v) is 4.63. The summed E-state index contributed by atoms with van der Waals surface area (Å²) in [6.45, 7) is 0. The monoisotopic (exact) mass is 368 g/mol. The molecule has 0 rings (SSSR count). The van der Waals surface area contributed by atoms with Crippen molar-refractivity contribution in [3.63, 3.8) is 0 Å². The van der Waals surface area contributed by atoms with E-state index in [0.717, 1.165) is 25.7 Å². The van der Waals surface area contributed by atoms with Crippen LogP contribution in [0.25, 0.3) is 0 Å². The van der Waals surface area contributed by atoms with Gasteiger partial charge in [0.05, 0.1) is 14.2 Å². The summed E-state index contributed by atoms with van der Waals surface area (Å²) in [6.07, 6.45) is 22.4. The van der Waals surface area contributed by atoms with Crippen molar-refractivity contribution in [3.05, 3.63) is 12.2 Å². The van der Waals surface area contributed by atoms with Gasteiger partial charge in [0.1, 0.15) is 0 Å². The van der Waals surface area contributed by atoms with Gasteiger partial charge in [-0.2, -0.15) is 0 Å². The number of ether oxygens (including phenoxy) is 2. The summed E-state index contributed by atoms with van der Waals surface area (Å²) >= 11 is 0. The number of allylic oxidation sites excluding steroid dienone is 2. The summed E-state index contributed by atoms with van der Waals surface area (Å²) in [6, 6.07) is 0. The molecular formula is C22H40O4. The lowest BCUT2D eigenvalue weighted by Gasteiger charge is -2.01. The molecule has 0 fully saturated rings. The van der Waals surface area contributed by atoms with Crippen LogP contribution in [0.5, 0.6) is 0 Å². The van der Waals surface area contributed by atoms with Crippen molar-refractivity contribution < 1.29 is 19.1 Å². The number of methoxy groups -OCH3 is 2. The molecule has 4 nitrogen and oxygen atoms in total. The first-order valence-electron chi connectivity index (χ1n) is 10.5. The van der Waals surface area contributed by atoms with Crippen LogP contribution in [0.15, 0.2) is 12.2 Å². The highest BCUT2D eigenvalue weighted by Crippen LogP contribution is 2.11. The van der Waals surface area contributed by atoms with Crippen molar-refractivity contribution in [2.24, 2.45) is 0 Å². The van der Waals surface area contributed by atoms with Crippen LogP contribution in [0.4, 0.5) is 0 Å². The van der Waals surface area contributed by atoms with Gasteiger partial charge < -0.3 is 9.47 Å². The first kappa shape index (κ1) is 24.7. The van der Waals surface area contributed by atoms with E-state index >= 15 is 0 Å². The van der Waals surface area contributed by atoms with E-state index in [1.807, 2.05) is 0 Å². The van der Waals surface area contributed by atoms with Gasteiger partial charge >= 0.3 is 11.9 Å². The zero-order valence-electron chi connectivity index (χ0n) is 17.1. The highest BCUT2D eigenvalue weighted by Gasteiger charge is 1.99. The van der Waals surface area contributed by atoms with Crippen molar-refractivity contribution in [2.75, 3.05) is 14.2 Å². The lowest BCUT2D eigenvalue weighted by atomic mass is 10.1. The van der Waals surface area contributed by atoms with Gasteiger partial charge in [-0.1, -0.05) is 63.5 Å². The van der Waals surface area contributed by atoms with E-state index in [4.69, 9.17) is 0 Å². The first-order chi connectivity index (χ1) is 12.7. The lowest BCUT2D eigenvalue weighted by molar-refractivity contribution is -0.141. The van der Waals surface area contributed by atoms with E-state index in [-0.39, 0.29) is 11.9 Å². The van der Waals surface area contributed by atoms with E-state index in [1.165, 1.54) is 78.4 Å². The second-order valence-electron chi connectivity index (χ2n) is 6.94. The van der Waals surface area contributed by atoms with Gasteiger partial charge in [0.25, 0.3) is 0 Å². The normalized spacial score (nSPS) is 11.0. The number of hydrogen-bond donors (Lipinski definition) is 0. The summed E-state index contributed by atoms with van der Waals surface area (Å²) in [5.74, 6) is -0.178. The van der Waals surface area contributed by atoms with Crippen molar-refractivity contribution >= 4 is 11.9 Å². The molecule has 0 N–H and O–H groups in total. The molecule has 0 saturated carbocycles. The molecule has 26 heavy (non-hydrogen) atoms. The molecule has 0 heterocycles. The van der Waals surface area contributed by atoms with Crippen LogP contribution in [-0.2, 0) is 19.1 Å². The molecule has 0 amide bonds. The largest absolute Gasteiger partial charge is 0.469 e. The zero-order chi connectivity index (χ0) is 19.3. The van der Waals surface area contributed by atoms with E-state index < -0.39 is 0 Å². The van der Waals surface area contributed by atoms with E-state index in [1.54, 1.807) is 0 Å². The third-order valence-electron chi connectivity index (χ3n) is 4.63. The minimum Gasteiger partial charge on any atom is -0.469 e. The van der Waals surface area contributed by atoms with Crippen LogP contribution >= 0.6 is 0 Å². The fourth-order valence-corrected chi connectivity index (χ4v) is 2.92. The van der Waals surface area contributed by atoms with Gasteiger partial charge in [-0.05, 0) is 38.5 Å². The Kier molecular flexibility index (Phi) is 19.0. The maximum Gasteiger partial charge on any atom is 0.305 e. The van der Waals surface area contributed by atoms with Gasteiger partial charge in [0.2, 0.25) is 0 Å². The van der Waals surface area contributed by atoms with Gasteiger partial charge in [0, 0.05) is 12.8 Å². The summed E-state index contributed by atoms with van der Waals surface area (Å²) in [4.78, 5) is 21.9. The molecule has 0 radical (unpaired) electrons. The number of rotatable bonds is 18. The number of hydrogen-bond acceptors (Lipinski definition) is 4. The first-order valence-corrected chi connectivity index (χ1v) is 10.5. The fourth-order valence-electron chi connectivity index (χ4n) is 2.92. The predicted molar refractivity (Wildman–Crippen MR) is 107 cm³/mol. The molecule has 0 aliphatic carbocycles. The van der Waals surface area contributed by atoms with Crippen molar-refractivity contribution in [2.45, 2.75) is 103 Å². The van der Waals surface area contributed by atoms with E-state index in [0.29, 0.717) is 12.8 Å². The fraction of sp³-hybridized carbons (Fsp3) is 0.818. The van der Waals surface area contributed by atoms with Crippen LogP contribution in [0.1, 0.15) is 103 Å². The Bertz CT molecular complexity index is 329. The molecule has 0 atom stereocenters. The molecule has 0 bridgehead atoms. The quantitative estimate of drug-likeness (QED) is 0.166. The molecule has 0 spiro atoms. The molecule has 0 aromatic heterocycles. The summed E-state index contributed by atoms with van der Waals surface area (Å²) in [5.41, 5.74) is 0. The van der Waals surface area contributed by atoms with Gasteiger partial charge in [0.15, 0.2) is 0 Å². The lowest BCUT2D eigenvalue weighted by Crippen LogP contribution is -1.99. The highest BCUT2D eigenvalue weighted by molar-refractivity contribution is 5.69. The van der Waals surface area contributed by atoms with Crippen molar-refractivity contribution in [3.8, 4) is 0 Å². The number of unbranched alkanes of at least 4 members (excludes halogenated alkanes) is 12. The maximum absolute atomic E-state index is 11.0. The molecule has 0 aromatic rings. The molecule has 0 unspecified atom stereocenters.